The van der Waals surface area contributed by atoms with Gasteiger partial charge in [0, 0.05) is 19.7 Å². The number of hydrogen-bond donors (Lipinski definition) is 1. The second-order valence-electron chi connectivity index (χ2n) is 5.50. The summed E-state index contributed by atoms with van der Waals surface area (Å²) in [5, 5.41) is 0. The van der Waals surface area contributed by atoms with Crippen molar-refractivity contribution in [1.29, 1.82) is 0 Å². The lowest BCUT2D eigenvalue weighted by Crippen LogP contribution is -2.49. The van der Waals surface area contributed by atoms with Crippen molar-refractivity contribution in [3.8, 4) is 0 Å². The molecular weight excluding hydrogens is 212 g/mol. The van der Waals surface area contributed by atoms with Gasteiger partial charge in [-0.3, -0.25) is 4.90 Å². The van der Waals surface area contributed by atoms with E-state index in [1.807, 2.05) is 0 Å². The number of nitrogens with two attached hydrogens (primary N) is 1. The summed E-state index contributed by atoms with van der Waals surface area (Å²) in [4.78, 5) is 2.58. The molecule has 0 aromatic carbocycles. The summed E-state index contributed by atoms with van der Waals surface area (Å²) in [6.07, 6.45) is 5.42. The van der Waals surface area contributed by atoms with Gasteiger partial charge in [-0.05, 0) is 37.8 Å². The van der Waals surface area contributed by atoms with Crippen molar-refractivity contribution in [2.24, 2.45) is 17.6 Å². The Hall–Kier alpha value is -0.120. The van der Waals surface area contributed by atoms with Crippen LogP contribution in [0.1, 0.15) is 39.5 Å². The van der Waals surface area contributed by atoms with Crippen LogP contribution >= 0.6 is 0 Å². The Kier molecular flexibility index (Phi) is 7.09. The lowest BCUT2D eigenvalue weighted by molar-refractivity contribution is 0.0614. The first-order valence-electron chi connectivity index (χ1n) is 7.15. The standard InChI is InChI=1S/C14H30N2O/c1-4-5-13-6-8-16(9-7-13)14(10-15)12(2)11-17-3/h12-14H,4-11,15H2,1-3H3. The van der Waals surface area contributed by atoms with Crippen molar-refractivity contribution in [3.63, 3.8) is 0 Å². The fourth-order valence-electron chi connectivity index (χ4n) is 3.10. The molecule has 1 saturated heterocycles. The highest BCUT2D eigenvalue weighted by Crippen LogP contribution is 2.24. The van der Waals surface area contributed by atoms with Crippen LogP contribution in [0.2, 0.25) is 0 Å². The zero-order valence-corrected chi connectivity index (χ0v) is 11.8. The van der Waals surface area contributed by atoms with Gasteiger partial charge in [0.1, 0.15) is 0 Å². The summed E-state index contributed by atoms with van der Waals surface area (Å²) in [6.45, 7) is 8.55. The third-order valence-electron chi connectivity index (χ3n) is 4.14. The van der Waals surface area contributed by atoms with Gasteiger partial charge in [-0.1, -0.05) is 26.7 Å². The highest BCUT2D eigenvalue weighted by atomic mass is 16.5. The Balaban J connectivity index is 2.39. The van der Waals surface area contributed by atoms with Crippen molar-refractivity contribution in [2.75, 3.05) is 33.4 Å². The fourth-order valence-corrected chi connectivity index (χ4v) is 3.10. The molecule has 3 heteroatoms. The number of rotatable bonds is 7. The van der Waals surface area contributed by atoms with Crippen LogP contribution in [0, 0.1) is 11.8 Å². The van der Waals surface area contributed by atoms with Crippen LogP contribution in [0.3, 0.4) is 0 Å². The predicted molar refractivity (Wildman–Crippen MR) is 73.1 cm³/mol. The summed E-state index contributed by atoms with van der Waals surface area (Å²) >= 11 is 0. The first-order chi connectivity index (χ1) is 8.22. The van der Waals surface area contributed by atoms with Gasteiger partial charge in [0.25, 0.3) is 0 Å². The first-order valence-corrected chi connectivity index (χ1v) is 7.15. The summed E-state index contributed by atoms with van der Waals surface area (Å²) in [6, 6.07) is 0.498. The summed E-state index contributed by atoms with van der Waals surface area (Å²) < 4.78 is 5.25. The topological polar surface area (TPSA) is 38.5 Å². The smallest absolute Gasteiger partial charge is 0.0503 e. The molecule has 0 aromatic rings. The Labute approximate surface area is 107 Å². The van der Waals surface area contributed by atoms with Gasteiger partial charge in [0.2, 0.25) is 0 Å². The number of likely N-dealkylation sites (tertiary alicyclic amines) is 1. The van der Waals surface area contributed by atoms with E-state index in [2.05, 4.69) is 18.7 Å². The molecule has 1 fully saturated rings. The van der Waals surface area contributed by atoms with Crippen LogP contribution in [-0.4, -0.2) is 44.3 Å². The van der Waals surface area contributed by atoms with E-state index in [1.54, 1.807) is 7.11 Å². The SMILES string of the molecule is CCCC1CCN(C(CN)C(C)COC)CC1. The number of ether oxygens (including phenoxy) is 1. The second-order valence-corrected chi connectivity index (χ2v) is 5.50. The molecule has 17 heavy (non-hydrogen) atoms. The molecule has 0 amide bonds. The molecule has 0 saturated carbocycles. The van der Waals surface area contributed by atoms with Crippen LogP contribution < -0.4 is 5.73 Å². The van der Waals surface area contributed by atoms with E-state index >= 15 is 0 Å². The van der Waals surface area contributed by atoms with E-state index in [1.165, 1.54) is 38.8 Å². The molecule has 2 N–H and O–H groups in total. The van der Waals surface area contributed by atoms with Gasteiger partial charge in [-0.25, -0.2) is 0 Å². The molecule has 0 spiro atoms. The summed E-state index contributed by atoms with van der Waals surface area (Å²) in [5.41, 5.74) is 5.93. The molecule has 102 valence electrons. The van der Waals surface area contributed by atoms with E-state index in [9.17, 15) is 0 Å². The quantitative estimate of drug-likeness (QED) is 0.743. The van der Waals surface area contributed by atoms with Crippen molar-refractivity contribution in [3.05, 3.63) is 0 Å². The number of hydrogen-bond acceptors (Lipinski definition) is 3. The number of nitrogens with zero attached hydrogens (tertiary/aromatic N) is 1. The maximum absolute atomic E-state index is 5.93. The van der Waals surface area contributed by atoms with Crippen LogP contribution in [0.15, 0.2) is 0 Å². The van der Waals surface area contributed by atoms with Gasteiger partial charge in [-0.15, -0.1) is 0 Å². The van der Waals surface area contributed by atoms with Crippen LogP contribution in [0.5, 0.6) is 0 Å². The molecular formula is C14H30N2O. The average molecular weight is 242 g/mol. The predicted octanol–water partition coefficient (Wildman–Crippen LogP) is 2.11. The highest BCUT2D eigenvalue weighted by Gasteiger charge is 2.27. The maximum Gasteiger partial charge on any atom is 0.0503 e. The Morgan fingerprint density at radius 1 is 1.35 bits per heavy atom. The van der Waals surface area contributed by atoms with Gasteiger partial charge in [-0.2, -0.15) is 0 Å². The molecule has 1 aliphatic heterocycles. The molecule has 3 nitrogen and oxygen atoms in total. The second kappa shape index (κ2) is 8.06. The number of piperidine rings is 1. The molecule has 2 unspecified atom stereocenters. The molecule has 1 aliphatic rings. The van der Waals surface area contributed by atoms with Crippen molar-refractivity contribution >= 4 is 0 Å². The fraction of sp³-hybridized carbons (Fsp3) is 1.00. The van der Waals surface area contributed by atoms with Gasteiger partial charge in [0.15, 0.2) is 0 Å². The van der Waals surface area contributed by atoms with Crippen LogP contribution in [0.25, 0.3) is 0 Å². The maximum atomic E-state index is 5.93. The Morgan fingerprint density at radius 2 is 2.00 bits per heavy atom. The monoisotopic (exact) mass is 242 g/mol. The third-order valence-corrected chi connectivity index (χ3v) is 4.14. The van der Waals surface area contributed by atoms with E-state index in [0.29, 0.717) is 12.0 Å². The molecule has 0 bridgehead atoms. The van der Waals surface area contributed by atoms with E-state index in [4.69, 9.17) is 10.5 Å². The van der Waals surface area contributed by atoms with Crippen molar-refractivity contribution in [1.82, 2.24) is 4.90 Å². The minimum absolute atomic E-state index is 0.498. The van der Waals surface area contributed by atoms with Crippen molar-refractivity contribution in [2.45, 2.75) is 45.6 Å². The van der Waals surface area contributed by atoms with E-state index in [-0.39, 0.29) is 0 Å². The largest absolute Gasteiger partial charge is 0.384 e. The van der Waals surface area contributed by atoms with Gasteiger partial charge in [0.05, 0.1) is 6.61 Å². The molecule has 0 aromatic heterocycles. The van der Waals surface area contributed by atoms with Gasteiger partial charge >= 0.3 is 0 Å². The Morgan fingerprint density at radius 3 is 2.47 bits per heavy atom. The molecule has 1 heterocycles. The minimum Gasteiger partial charge on any atom is -0.384 e. The van der Waals surface area contributed by atoms with Gasteiger partial charge < -0.3 is 10.5 Å². The minimum atomic E-state index is 0.498. The van der Waals surface area contributed by atoms with Crippen molar-refractivity contribution < 1.29 is 4.74 Å². The van der Waals surface area contributed by atoms with E-state index in [0.717, 1.165) is 19.1 Å². The third kappa shape index (κ3) is 4.57. The molecule has 1 rings (SSSR count). The van der Waals surface area contributed by atoms with Crippen LogP contribution in [0.4, 0.5) is 0 Å². The normalized spacial score (nSPS) is 22.6. The first kappa shape index (κ1) is 14.9. The lowest BCUT2D eigenvalue weighted by Gasteiger charge is -2.39. The Bertz CT molecular complexity index is 191. The van der Waals surface area contributed by atoms with E-state index < -0.39 is 0 Å². The number of methoxy groups -OCH3 is 1. The molecule has 2 atom stereocenters. The summed E-state index contributed by atoms with van der Waals surface area (Å²) in [7, 11) is 1.78. The van der Waals surface area contributed by atoms with Crippen LogP contribution in [-0.2, 0) is 4.74 Å². The molecule has 0 radical (unpaired) electrons. The highest BCUT2D eigenvalue weighted by molar-refractivity contribution is 4.82. The zero-order valence-electron chi connectivity index (χ0n) is 11.8. The average Bonchev–Trinajstić information content (AvgIpc) is 2.33. The zero-order chi connectivity index (χ0) is 12.7. The molecule has 0 aliphatic carbocycles. The summed E-state index contributed by atoms with van der Waals surface area (Å²) in [5.74, 6) is 1.49. The lowest BCUT2D eigenvalue weighted by atomic mass is 9.90.